The first kappa shape index (κ1) is 25.4. The smallest absolute Gasteiger partial charge is 0.246 e. The molecule has 0 spiro atoms. The minimum atomic E-state index is -3.90. The van der Waals surface area contributed by atoms with E-state index in [1.807, 2.05) is 0 Å². The second-order valence-corrected chi connectivity index (χ2v) is 12.7. The Morgan fingerprint density at radius 2 is 1.16 bits per heavy atom. The van der Waals surface area contributed by atoms with Gasteiger partial charge in [-0.1, -0.05) is 0 Å². The summed E-state index contributed by atoms with van der Waals surface area (Å²) in [7, 11) is -6.31. The van der Waals surface area contributed by atoms with Crippen molar-refractivity contribution < 1.29 is 21.6 Å². The number of nitrogens with zero attached hydrogens (tertiary/aromatic N) is 4. The van der Waals surface area contributed by atoms with Crippen molar-refractivity contribution in [2.45, 2.75) is 49.6 Å². The number of benzene rings is 1. The zero-order valence-corrected chi connectivity index (χ0v) is 21.3. The molecule has 3 rings (SSSR count). The van der Waals surface area contributed by atoms with Crippen LogP contribution in [0.25, 0.3) is 0 Å². The summed E-state index contributed by atoms with van der Waals surface area (Å²) >= 11 is 0. The molecule has 2 saturated heterocycles. The van der Waals surface area contributed by atoms with E-state index in [1.165, 1.54) is 33.9 Å². The van der Waals surface area contributed by atoms with Crippen molar-refractivity contribution in [3.05, 3.63) is 18.2 Å². The molecule has 11 heteroatoms. The molecule has 0 saturated carbocycles. The zero-order valence-electron chi connectivity index (χ0n) is 19.7. The number of ether oxygens (including phenoxy) is 1. The first-order valence-corrected chi connectivity index (χ1v) is 14.0. The average Bonchev–Trinajstić information content (AvgIpc) is 2.78. The van der Waals surface area contributed by atoms with E-state index in [4.69, 9.17) is 4.74 Å². The third-order valence-corrected chi connectivity index (χ3v) is 10.2. The van der Waals surface area contributed by atoms with Crippen LogP contribution in [0.3, 0.4) is 0 Å². The SMILES string of the molecule is COc1ccc(S(=O)(=O)N2CCN(C(C)C)CC2)cc1S(=O)(=O)N1CCN(C(C)C)CC1. The Morgan fingerprint density at radius 1 is 0.719 bits per heavy atom. The highest BCUT2D eigenvalue weighted by atomic mass is 32.2. The second kappa shape index (κ2) is 9.94. The lowest BCUT2D eigenvalue weighted by Gasteiger charge is -2.37. The van der Waals surface area contributed by atoms with Gasteiger partial charge in [0.1, 0.15) is 10.6 Å². The third kappa shape index (κ3) is 5.13. The molecular weight excluding hydrogens is 452 g/mol. The van der Waals surface area contributed by atoms with E-state index in [-0.39, 0.29) is 15.5 Å². The van der Waals surface area contributed by atoms with Crippen LogP contribution >= 0.6 is 0 Å². The van der Waals surface area contributed by atoms with E-state index in [0.29, 0.717) is 64.4 Å². The zero-order chi connectivity index (χ0) is 23.7. The lowest BCUT2D eigenvalue weighted by Crippen LogP contribution is -2.51. The van der Waals surface area contributed by atoms with E-state index in [2.05, 4.69) is 37.5 Å². The van der Waals surface area contributed by atoms with Crippen molar-refractivity contribution in [2.24, 2.45) is 0 Å². The average molecular weight is 489 g/mol. The van der Waals surface area contributed by atoms with Crippen molar-refractivity contribution in [3.8, 4) is 5.75 Å². The fraction of sp³-hybridized carbons (Fsp3) is 0.714. The molecule has 0 radical (unpaired) electrons. The van der Waals surface area contributed by atoms with Crippen molar-refractivity contribution in [3.63, 3.8) is 0 Å². The van der Waals surface area contributed by atoms with Gasteiger partial charge in [0.25, 0.3) is 0 Å². The van der Waals surface area contributed by atoms with Gasteiger partial charge in [0.05, 0.1) is 12.0 Å². The number of sulfonamides is 2. The number of hydrogen-bond acceptors (Lipinski definition) is 7. The Kier molecular flexibility index (Phi) is 7.89. The Bertz CT molecular complexity index is 995. The summed E-state index contributed by atoms with van der Waals surface area (Å²) in [5.74, 6) is 0.153. The van der Waals surface area contributed by atoms with E-state index < -0.39 is 20.0 Å². The fourth-order valence-corrected chi connectivity index (χ4v) is 7.36. The van der Waals surface area contributed by atoms with Gasteiger partial charge in [0.15, 0.2) is 0 Å². The van der Waals surface area contributed by atoms with Crippen LogP contribution in [0.5, 0.6) is 5.75 Å². The lowest BCUT2D eigenvalue weighted by atomic mass is 10.3. The summed E-state index contributed by atoms with van der Waals surface area (Å²) in [6.45, 7) is 12.4. The molecule has 0 aromatic heterocycles. The van der Waals surface area contributed by atoms with E-state index in [1.54, 1.807) is 0 Å². The quantitative estimate of drug-likeness (QED) is 0.568. The first-order valence-electron chi connectivity index (χ1n) is 11.1. The van der Waals surface area contributed by atoms with Crippen molar-refractivity contribution in [2.75, 3.05) is 59.5 Å². The lowest BCUT2D eigenvalue weighted by molar-refractivity contribution is 0.154. The highest BCUT2D eigenvalue weighted by molar-refractivity contribution is 7.90. The van der Waals surface area contributed by atoms with Crippen LogP contribution in [0.15, 0.2) is 28.0 Å². The first-order chi connectivity index (χ1) is 15.0. The van der Waals surface area contributed by atoms with Gasteiger partial charge >= 0.3 is 0 Å². The maximum atomic E-state index is 13.4. The Labute approximate surface area is 193 Å². The fourth-order valence-electron chi connectivity index (χ4n) is 4.23. The van der Waals surface area contributed by atoms with Crippen LogP contribution in [0.1, 0.15) is 27.7 Å². The van der Waals surface area contributed by atoms with Gasteiger partial charge in [-0.05, 0) is 45.9 Å². The molecule has 2 heterocycles. The van der Waals surface area contributed by atoms with Crippen molar-refractivity contribution in [1.29, 1.82) is 0 Å². The third-order valence-electron chi connectivity index (χ3n) is 6.40. The van der Waals surface area contributed by atoms with Crippen LogP contribution in [0.4, 0.5) is 0 Å². The standard InChI is InChI=1S/C21H36N4O5S2/c1-17(2)22-8-12-24(13-9-22)31(26,27)19-6-7-20(30-5)21(16-19)32(28,29)25-14-10-23(11-15-25)18(3)4/h6-7,16-18H,8-15H2,1-5H3. The van der Waals surface area contributed by atoms with Gasteiger partial charge in [0, 0.05) is 64.4 Å². The number of hydrogen-bond donors (Lipinski definition) is 0. The Balaban J connectivity index is 1.87. The summed E-state index contributed by atoms with van der Waals surface area (Å²) in [5.41, 5.74) is 0. The molecule has 2 aliphatic rings. The monoisotopic (exact) mass is 488 g/mol. The predicted molar refractivity (Wildman–Crippen MR) is 124 cm³/mol. The number of piperazine rings is 2. The summed E-state index contributed by atoms with van der Waals surface area (Å²) in [4.78, 5) is 4.34. The largest absolute Gasteiger partial charge is 0.495 e. The van der Waals surface area contributed by atoms with Gasteiger partial charge in [-0.3, -0.25) is 9.80 Å². The highest BCUT2D eigenvalue weighted by Gasteiger charge is 2.34. The summed E-state index contributed by atoms with van der Waals surface area (Å²) in [6, 6.07) is 4.83. The van der Waals surface area contributed by atoms with Gasteiger partial charge < -0.3 is 4.74 Å². The van der Waals surface area contributed by atoms with Crippen molar-refractivity contribution in [1.82, 2.24) is 18.4 Å². The van der Waals surface area contributed by atoms with Gasteiger partial charge in [-0.15, -0.1) is 0 Å². The molecule has 1 aromatic rings. The summed E-state index contributed by atoms with van der Waals surface area (Å²) in [5, 5.41) is 0. The minimum Gasteiger partial charge on any atom is -0.495 e. The molecule has 0 aliphatic carbocycles. The highest BCUT2D eigenvalue weighted by Crippen LogP contribution is 2.31. The van der Waals surface area contributed by atoms with Crippen LogP contribution < -0.4 is 4.74 Å². The Morgan fingerprint density at radius 3 is 1.56 bits per heavy atom. The van der Waals surface area contributed by atoms with Crippen LogP contribution in [-0.4, -0.2) is 107 Å². The van der Waals surface area contributed by atoms with E-state index in [0.717, 1.165) is 0 Å². The molecule has 9 nitrogen and oxygen atoms in total. The molecule has 2 fully saturated rings. The van der Waals surface area contributed by atoms with Crippen LogP contribution in [0.2, 0.25) is 0 Å². The topological polar surface area (TPSA) is 90.5 Å². The van der Waals surface area contributed by atoms with Crippen LogP contribution in [-0.2, 0) is 20.0 Å². The van der Waals surface area contributed by atoms with Crippen LogP contribution in [0, 0.1) is 0 Å². The number of rotatable bonds is 7. The minimum absolute atomic E-state index is 0.0179. The molecule has 0 atom stereocenters. The summed E-state index contributed by atoms with van der Waals surface area (Å²) in [6.07, 6.45) is 0. The van der Waals surface area contributed by atoms with E-state index >= 15 is 0 Å². The molecule has 0 amide bonds. The molecular formula is C21H36N4O5S2. The molecule has 1 aromatic carbocycles. The van der Waals surface area contributed by atoms with Gasteiger partial charge in [0.2, 0.25) is 20.0 Å². The molecule has 182 valence electrons. The number of methoxy groups -OCH3 is 1. The predicted octanol–water partition coefficient (Wildman–Crippen LogP) is 1.12. The second-order valence-electron chi connectivity index (χ2n) is 8.88. The van der Waals surface area contributed by atoms with E-state index in [9.17, 15) is 16.8 Å². The molecule has 2 aliphatic heterocycles. The summed E-state index contributed by atoms with van der Waals surface area (Å²) < 4.78 is 61.6. The molecule has 0 unspecified atom stereocenters. The maximum absolute atomic E-state index is 13.4. The van der Waals surface area contributed by atoms with Gasteiger partial charge in [-0.25, -0.2) is 16.8 Å². The van der Waals surface area contributed by atoms with Gasteiger partial charge in [-0.2, -0.15) is 8.61 Å². The molecule has 0 N–H and O–H groups in total. The maximum Gasteiger partial charge on any atom is 0.246 e. The molecule has 0 bridgehead atoms. The Hall–Kier alpha value is -1.24. The molecule has 32 heavy (non-hydrogen) atoms. The van der Waals surface area contributed by atoms with Crippen molar-refractivity contribution >= 4 is 20.0 Å². The normalized spacial score (nSPS) is 20.8.